The summed E-state index contributed by atoms with van der Waals surface area (Å²) in [5.74, 6) is -0.909. The van der Waals surface area contributed by atoms with Gasteiger partial charge >= 0.3 is 0 Å². The first-order valence-corrected chi connectivity index (χ1v) is 12.0. The van der Waals surface area contributed by atoms with Gasteiger partial charge in [0.1, 0.15) is 16.8 Å². The van der Waals surface area contributed by atoms with Crippen LogP contribution in [0, 0.1) is 0 Å². The van der Waals surface area contributed by atoms with Gasteiger partial charge in [-0.15, -0.1) is 0 Å². The first-order valence-electron chi connectivity index (χ1n) is 11.3. The van der Waals surface area contributed by atoms with Crippen molar-refractivity contribution in [1.29, 1.82) is 0 Å². The van der Waals surface area contributed by atoms with Crippen LogP contribution in [-0.4, -0.2) is 42.9 Å². The molecule has 0 unspecified atom stereocenters. The van der Waals surface area contributed by atoms with E-state index in [1.54, 1.807) is 24.3 Å². The van der Waals surface area contributed by atoms with Crippen LogP contribution in [0.25, 0.3) is 0 Å². The van der Waals surface area contributed by atoms with Crippen LogP contribution < -0.4 is 9.80 Å². The van der Waals surface area contributed by atoms with Crippen LogP contribution in [0.15, 0.2) is 95.7 Å². The molecule has 172 valence electrons. The third kappa shape index (κ3) is 4.23. The normalized spacial score (nSPS) is 17.3. The SMILES string of the molecule is O=C1C(Cl)=C(N2CC[NH+](C(c3ccccc3)c3ccccc3)CC2)C(=O)N1c1cccc(Cl)c1. The molecule has 2 heterocycles. The van der Waals surface area contributed by atoms with Crippen LogP contribution in [0.4, 0.5) is 5.69 Å². The monoisotopic (exact) mass is 492 g/mol. The van der Waals surface area contributed by atoms with Gasteiger partial charge in [0.2, 0.25) is 0 Å². The summed E-state index contributed by atoms with van der Waals surface area (Å²) in [5.41, 5.74) is 3.22. The lowest BCUT2D eigenvalue weighted by Crippen LogP contribution is -3.15. The second-order valence-corrected chi connectivity index (χ2v) is 9.30. The molecule has 0 atom stereocenters. The average molecular weight is 493 g/mol. The maximum absolute atomic E-state index is 13.3. The van der Waals surface area contributed by atoms with Crippen molar-refractivity contribution < 1.29 is 14.5 Å². The van der Waals surface area contributed by atoms with E-state index >= 15 is 0 Å². The van der Waals surface area contributed by atoms with Gasteiger partial charge in [-0.3, -0.25) is 9.59 Å². The van der Waals surface area contributed by atoms with Crippen molar-refractivity contribution in [2.45, 2.75) is 6.04 Å². The molecule has 34 heavy (non-hydrogen) atoms. The molecule has 0 saturated carbocycles. The topological polar surface area (TPSA) is 45.1 Å². The minimum Gasteiger partial charge on any atom is -0.354 e. The fourth-order valence-corrected chi connectivity index (χ4v) is 5.35. The molecule has 0 aromatic heterocycles. The predicted octanol–water partition coefficient (Wildman–Crippen LogP) is 3.65. The number of carbonyl (C=O) groups is 2. The van der Waals surface area contributed by atoms with Crippen LogP contribution >= 0.6 is 23.2 Å². The van der Waals surface area contributed by atoms with E-state index in [-0.39, 0.29) is 16.8 Å². The largest absolute Gasteiger partial charge is 0.354 e. The highest BCUT2D eigenvalue weighted by atomic mass is 35.5. The third-order valence-corrected chi connectivity index (χ3v) is 7.04. The summed E-state index contributed by atoms with van der Waals surface area (Å²) in [6.07, 6.45) is 0. The Hall–Kier alpha value is -3.12. The summed E-state index contributed by atoms with van der Waals surface area (Å²) in [6, 6.07) is 27.9. The van der Waals surface area contributed by atoms with Crippen LogP contribution in [0.3, 0.4) is 0 Å². The molecule has 2 aliphatic rings. The van der Waals surface area contributed by atoms with E-state index in [4.69, 9.17) is 23.2 Å². The minimum absolute atomic E-state index is 0.0314. The number of carbonyl (C=O) groups excluding carboxylic acids is 2. The minimum atomic E-state index is -0.509. The zero-order valence-corrected chi connectivity index (χ0v) is 20.0. The zero-order chi connectivity index (χ0) is 23.7. The number of amides is 2. The van der Waals surface area contributed by atoms with Gasteiger partial charge < -0.3 is 9.80 Å². The number of quaternary nitrogens is 1. The van der Waals surface area contributed by atoms with E-state index in [1.165, 1.54) is 16.0 Å². The second kappa shape index (κ2) is 9.63. The molecule has 2 aliphatic heterocycles. The Kier molecular flexibility index (Phi) is 6.42. The van der Waals surface area contributed by atoms with Gasteiger partial charge in [0.15, 0.2) is 0 Å². The zero-order valence-electron chi connectivity index (χ0n) is 18.5. The maximum Gasteiger partial charge on any atom is 0.283 e. The molecule has 5 nitrogen and oxygen atoms in total. The number of nitrogens with zero attached hydrogens (tertiary/aromatic N) is 2. The van der Waals surface area contributed by atoms with Crippen LogP contribution in [0.5, 0.6) is 0 Å². The summed E-state index contributed by atoms with van der Waals surface area (Å²) in [6.45, 7) is 2.86. The fraction of sp³-hybridized carbons (Fsp3) is 0.185. The van der Waals surface area contributed by atoms with E-state index < -0.39 is 11.8 Å². The van der Waals surface area contributed by atoms with Crippen LogP contribution in [-0.2, 0) is 9.59 Å². The van der Waals surface area contributed by atoms with E-state index in [0.29, 0.717) is 23.8 Å². The predicted molar refractivity (Wildman–Crippen MR) is 134 cm³/mol. The molecule has 7 heteroatoms. The summed E-state index contributed by atoms with van der Waals surface area (Å²) in [4.78, 5) is 30.6. The number of imide groups is 1. The summed E-state index contributed by atoms with van der Waals surface area (Å²) >= 11 is 12.5. The Labute approximate surface area is 208 Å². The van der Waals surface area contributed by atoms with E-state index in [2.05, 4.69) is 48.5 Å². The summed E-state index contributed by atoms with van der Waals surface area (Å²) in [5, 5.41) is 0.420. The number of halogens is 2. The number of anilines is 1. The van der Waals surface area contributed by atoms with E-state index in [0.717, 1.165) is 18.0 Å². The van der Waals surface area contributed by atoms with Gasteiger partial charge in [-0.25, -0.2) is 4.90 Å². The first-order chi connectivity index (χ1) is 16.5. The lowest BCUT2D eigenvalue weighted by atomic mass is 9.96. The van der Waals surface area contributed by atoms with Gasteiger partial charge in [-0.2, -0.15) is 0 Å². The van der Waals surface area contributed by atoms with Gasteiger partial charge in [0.25, 0.3) is 11.8 Å². The molecule has 0 bridgehead atoms. The summed E-state index contributed by atoms with van der Waals surface area (Å²) in [7, 11) is 0. The van der Waals surface area contributed by atoms with Gasteiger partial charge in [-0.05, 0) is 18.2 Å². The Bertz CT molecular complexity index is 1200. The highest BCUT2D eigenvalue weighted by Crippen LogP contribution is 2.32. The molecule has 0 aliphatic carbocycles. The van der Waals surface area contributed by atoms with Gasteiger partial charge in [0, 0.05) is 16.1 Å². The standard InChI is InChI=1S/C27H23Cl2N3O2/c28-21-12-7-13-22(18-21)32-26(33)23(29)25(27(32)34)31-16-14-30(15-17-31)24(19-8-3-1-4-9-19)20-10-5-2-6-11-20/h1-13,18,24H,14-17H2/p+1. The number of hydrogen-bond donors (Lipinski definition) is 1. The Morgan fingerprint density at radius 1 is 0.735 bits per heavy atom. The molecule has 3 aromatic rings. The molecule has 3 aromatic carbocycles. The first kappa shape index (κ1) is 22.7. The molecule has 5 rings (SSSR count). The molecule has 0 radical (unpaired) electrons. The lowest BCUT2D eigenvalue weighted by molar-refractivity contribution is -0.929. The van der Waals surface area contributed by atoms with Crippen molar-refractivity contribution in [3.63, 3.8) is 0 Å². The van der Waals surface area contributed by atoms with Gasteiger partial charge in [0.05, 0.1) is 31.9 Å². The van der Waals surface area contributed by atoms with Crippen molar-refractivity contribution in [2.24, 2.45) is 0 Å². The fourth-order valence-electron chi connectivity index (χ4n) is 4.88. The van der Waals surface area contributed by atoms with E-state index in [9.17, 15) is 9.59 Å². The van der Waals surface area contributed by atoms with Gasteiger partial charge in [-0.1, -0.05) is 89.9 Å². The quantitative estimate of drug-likeness (QED) is 0.552. The van der Waals surface area contributed by atoms with E-state index in [1.807, 2.05) is 17.0 Å². The summed E-state index contributed by atoms with van der Waals surface area (Å²) < 4.78 is 0. The van der Waals surface area contributed by atoms with Crippen molar-refractivity contribution in [3.05, 3.63) is 112 Å². The Balaban J connectivity index is 1.36. The van der Waals surface area contributed by atoms with Crippen molar-refractivity contribution in [2.75, 3.05) is 31.1 Å². The molecule has 2 amide bonds. The lowest BCUT2D eigenvalue weighted by Gasteiger charge is -2.38. The number of benzene rings is 3. The Morgan fingerprint density at radius 2 is 1.32 bits per heavy atom. The van der Waals surface area contributed by atoms with Crippen LogP contribution in [0.1, 0.15) is 17.2 Å². The molecule has 1 N–H and O–H groups in total. The number of nitrogens with one attached hydrogen (secondary N) is 1. The molecular weight excluding hydrogens is 469 g/mol. The van der Waals surface area contributed by atoms with Crippen LogP contribution in [0.2, 0.25) is 5.02 Å². The van der Waals surface area contributed by atoms with Crippen molar-refractivity contribution in [3.8, 4) is 0 Å². The maximum atomic E-state index is 13.3. The van der Waals surface area contributed by atoms with Crippen molar-refractivity contribution in [1.82, 2.24) is 4.90 Å². The average Bonchev–Trinajstić information content (AvgIpc) is 3.09. The number of hydrogen-bond acceptors (Lipinski definition) is 3. The molecule has 1 fully saturated rings. The number of piperazine rings is 1. The second-order valence-electron chi connectivity index (χ2n) is 8.49. The number of rotatable bonds is 5. The highest BCUT2D eigenvalue weighted by Gasteiger charge is 2.43. The molecular formula is C27H24Cl2N3O2+. The Morgan fingerprint density at radius 3 is 1.88 bits per heavy atom. The smallest absolute Gasteiger partial charge is 0.283 e. The highest BCUT2D eigenvalue weighted by molar-refractivity contribution is 6.52. The molecule has 1 saturated heterocycles. The van der Waals surface area contributed by atoms with Crippen molar-refractivity contribution >= 4 is 40.7 Å². The molecule has 0 spiro atoms. The third-order valence-electron chi connectivity index (χ3n) is 6.47.